The van der Waals surface area contributed by atoms with E-state index in [2.05, 4.69) is 4.74 Å². The molecule has 1 N–H and O–H groups in total. The lowest BCUT2D eigenvalue weighted by Crippen LogP contribution is -2.45. The smallest absolute Gasteiger partial charge is 0.409 e. The Kier molecular flexibility index (Phi) is 3.88. The Morgan fingerprint density at radius 3 is 2.73 bits per heavy atom. The predicted molar refractivity (Wildman–Crippen MR) is 49.2 cm³/mol. The summed E-state index contributed by atoms with van der Waals surface area (Å²) >= 11 is 0. The van der Waals surface area contributed by atoms with E-state index in [4.69, 9.17) is 5.11 Å². The van der Waals surface area contributed by atoms with Crippen LogP contribution in [0.2, 0.25) is 0 Å². The van der Waals surface area contributed by atoms with Crippen LogP contribution in [0.25, 0.3) is 0 Å². The van der Waals surface area contributed by atoms with E-state index in [1.54, 1.807) is 0 Å². The average Bonchev–Trinajstić information content (AvgIpc) is 2.19. The number of hydrogen-bond acceptors (Lipinski definition) is 3. The van der Waals surface area contributed by atoms with Crippen LogP contribution < -0.4 is 0 Å². The van der Waals surface area contributed by atoms with Crippen molar-refractivity contribution < 1.29 is 23.8 Å². The zero-order chi connectivity index (χ0) is 11.4. The highest BCUT2D eigenvalue weighted by Crippen LogP contribution is 2.23. The Balaban J connectivity index is 2.47. The number of rotatable bonds is 2. The van der Waals surface area contributed by atoms with Gasteiger partial charge in [0.2, 0.25) is 0 Å². The van der Waals surface area contributed by atoms with Gasteiger partial charge in [0.15, 0.2) is 0 Å². The lowest BCUT2D eigenvalue weighted by molar-refractivity contribution is -0.139. The number of alkyl halides is 1. The van der Waals surface area contributed by atoms with Crippen molar-refractivity contribution in [3.05, 3.63) is 0 Å². The molecule has 1 fully saturated rings. The van der Waals surface area contributed by atoms with Gasteiger partial charge in [-0.3, -0.25) is 4.79 Å². The van der Waals surface area contributed by atoms with Crippen molar-refractivity contribution in [2.75, 3.05) is 20.2 Å². The van der Waals surface area contributed by atoms with Crippen LogP contribution in [0, 0.1) is 5.92 Å². The molecule has 86 valence electrons. The number of halogens is 1. The molecule has 0 aromatic rings. The average molecular weight is 219 g/mol. The molecule has 5 nitrogen and oxygen atoms in total. The molecule has 0 saturated carbocycles. The lowest BCUT2D eigenvalue weighted by atomic mass is 9.92. The number of carbonyl (C=O) groups is 2. The van der Waals surface area contributed by atoms with Crippen LogP contribution in [0.1, 0.15) is 12.8 Å². The number of carbonyl (C=O) groups excluding carboxylic acids is 1. The molecular weight excluding hydrogens is 205 g/mol. The van der Waals surface area contributed by atoms with Crippen LogP contribution in [0.4, 0.5) is 9.18 Å². The highest BCUT2D eigenvalue weighted by atomic mass is 19.1. The van der Waals surface area contributed by atoms with Gasteiger partial charge in [0.25, 0.3) is 0 Å². The van der Waals surface area contributed by atoms with E-state index >= 15 is 0 Å². The Morgan fingerprint density at radius 1 is 1.60 bits per heavy atom. The normalized spacial score (nSPS) is 26.1. The Labute approximate surface area is 86.8 Å². The Bertz CT molecular complexity index is 258. The van der Waals surface area contributed by atoms with E-state index in [0.717, 1.165) is 0 Å². The van der Waals surface area contributed by atoms with Gasteiger partial charge in [-0.15, -0.1) is 0 Å². The molecule has 1 heterocycles. The molecule has 1 saturated heterocycles. The van der Waals surface area contributed by atoms with E-state index in [-0.39, 0.29) is 13.0 Å². The molecule has 1 amide bonds. The molecule has 0 bridgehead atoms. The molecule has 0 aliphatic carbocycles. The topological polar surface area (TPSA) is 66.8 Å². The number of piperidine rings is 1. The van der Waals surface area contributed by atoms with Crippen LogP contribution in [0.3, 0.4) is 0 Å². The molecule has 2 atom stereocenters. The molecule has 1 aliphatic rings. The molecular formula is C9H14FNO4. The number of carboxylic acid groups (broad SMARTS) is 1. The van der Waals surface area contributed by atoms with Gasteiger partial charge in [0.1, 0.15) is 6.17 Å². The molecule has 15 heavy (non-hydrogen) atoms. The molecule has 1 aliphatic heterocycles. The van der Waals surface area contributed by atoms with Gasteiger partial charge in [-0.05, 0) is 6.42 Å². The standard InChI is InChI=1S/C9H14FNO4/c1-15-9(14)11-3-2-6(4-8(12)13)7(10)5-11/h6-7H,2-5H2,1H3,(H,12,13). The number of carboxylic acids is 1. The lowest BCUT2D eigenvalue weighted by Gasteiger charge is -2.32. The minimum absolute atomic E-state index is 0.0787. The first-order valence-electron chi connectivity index (χ1n) is 4.73. The summed E-state index contributed by atoms with van der Waals surface area (Å²) in [7, 11) is 1.24. The van der Waals surface area contributed by atoms with Crippen molar-refractivity contribution in [2.45, 2.75) is 19.0 Å². The Morgan fingerprint density at radius 2 is 2.27 bits per heavy atom. The molecule has 0 radical (unpaired) electrons. The fraction of sp³-hybridized carbons (Fsp3) is 0.778. The fourth-order valence-corrected chi connectivity index (χ4v) is 1.70. The third-order valence-electron chi connectivity index (χ3n) is 2.55. The number of nitrogens with zero attached hydrogens (tertiary/aromatic N) is 1. The third kappa shape index (κ3) is 3.07. The first kappa shape index (κ1) is 11.7. The monoisotopic (exact) mass is 219 g/mol. The van der Waals surface area contributed by atoms with Gasteiger partial charge < -0.3 is 14.7 Å². The van der Waals surface area contributed by atoms with Crippen molar-refractivity contribution >= 4 is 12.1 Å². The summed E-state index contributed by atoms with van der Waals surface area (Å²) in [5.74, 6) is -1.50. The first-order valence-corrected chi connectivity index (χ1v) is 4.73. The molecule has 0 aromatic carbocycles. The van der Waals surface area contributed by atoms with Crippen LogP contribution in [0.15, 0.2) is 0 Å². The SMILES string of the molecule is COC(=O)N1CCC(CC(=O)O)C(F)C1. The zero-order valence-corrected chi connectivity index (χ0v) is 8.48. The highest BCUT2D eigenvalue weighted by Gasteiger charge is 2.33. The number of likely N-dealkylation sites (tertiary alicyclic amines) is 1. The second-order valence-electron chi connectivity index (χ2n) is 3.58. The Hall–Kier alpha value is -1.33. The number of amides is 1. The van der Waals surface area contributed by atoms with E-state index in [1.807, 2.05) is 0 Å². The second-order valence-corrected chi connectivity index (χ2v) is 3.58. The van der Waals surface area contributed by atoms with Gasteiger partial charge in [0, 0.05) is 12.5 Å². The van der Waals surface area contributed by atoms with Gasteiger partial charge >= 0.3 is 12.1 Å². The summed E-state index contributed by atoms with van der Waals surface area (Å²) in [6.45, 7) is 0.273. The van der Waals surface area contributed by atoms with Crippen LogP contribution in [-0.4, -0.2) is 48.4 Å². The van der Waals surface area contributed by atoms with Gasteiger partial charge in [0.05, 0.1) is 20.1 Å². The third-order valence-corrected chi connectivity index (χ3v) is 2.55. The zero-order valence-electron chi connectivity index (χ0n) is 8.48. The van der Waals surface area contributed by atoms with E-state index < -0.39 is 24.2 Å². The van der Waals surface area contributed by atoms with Crippen molar-refractivity contribution in [2.24, 2.45) is 5.92 Å². The summed E-state index contributed by atoms with van der Waals surface area (Å²) < 4.78 is 17.9. The van der Waals surface area contributed by atoms with Crippen LogP contribution >= 0.6 is 0 Å². The molecule has 1 rings (SSSR count). The quantitative estimate of drug-likeness (QED) is 0.748. The van der Waals surface area contributed by atoms with Gasteiger partial charge in [-0.1, -0.05) is 0 Å². The van der Waals surface area contributed by atoms with Gasteiger partial charge in [-0.2, -0.15) is 0 Å². The largest absolute Gasteiger partial charge is 0.481 e. The number of aliphatic carboxylic acids is 1. The van der Waals surface area contributed by atoms with E-state index in [1.165, 1.54) is 12.0 Å². The summed E-state index contributed by atoms with van der Waals surface area (Å²) in [5, 5.41) is 8.53. The maximum atomic E-state index is 13.4. The summed E-state index contributed by atoms with van der Waals surface area (Å²) in [5.41, 5.74) is 0. The van der Waals surface area contributed by atoms with Crippen molar-refractivity contribution in [3.8, 4) is 0 Å². The molecule has 2 unspecified atom stereocenters. The van der Waals surface area contributed by atoms with Crippen molar-refractivity contribution in [3.63, 3.8) is 0 Å². The highest BCUT2D eigenvalue weighted by molar-refractivity contribution is 5.68. The van der Waals surface area contributed by atoms with Crippen LogP contribution in [-0.2, 0) is 9.53 Å². The number of ether oxygens (including phenoxy) is 1. The van der Waals surface area contributed by atoms with Crippen molar-refractivity contribution in [1.82, 2.24) is 4.90 Å². The molecule has 6 heteroatoms. The number of methoxy groups -OCH3 is 1. The molecule has 0 spiro atoms. The minimum Gasteiger partial charge on any atom is -0.481 e. The fourth-order valence-electron chi connectivity index (χ4n) is 1.70. The summed E-state index contributed by atoms with van der Waals surface area (Å²) in [6.07, 6.45) is -1.67. The number of hydrogen-bond donors (Lipinski definition) is 1. The summed E-state index contributed by atoms with van der Waals surface area (Å²) in [4.78, 5) is 22.7. The maximum Gasteiger partial charge on any atom is 0.409 e. The minimum atomic E-state index is -1.28. The van der Waals surface area contributed by atoms with E-state index in [0.29, 0.717) is 13.0 Å². The second kappa shape index (κ2) is 4.95. The predicted octanol–water partition coefficient (Wildman–Crippen LogP) is 0.887. The van der Waals surface area contributed by atoms with Gasteiger partial charge in [-0.25, -0.2) is 9.18 Å². The van der Waals surface area contributed by atoms with Crippen LogP contribution in [0.5, 0.6) is 0 Å². The maximum absolute atomic E-state index is 13.4. The molecule has 0 aromatic heterocycles. The first-order chi connectivity index (χ1) is 7.04. The van der Waals surface area contributed by atoms with E-state index in [9.17, 15) is 14.0 Å². The van der Waals surface area contributed by atoms with Crippen molar-refractivity contribution in [1.29, 1.82) is 0 Å². The summed E-state index contributed by atoms with van der Waals surface area (Å²) in [6, 6.07) is 0.